The summed E-state index contributed by atoms with van der Waals surface area (Å²) in [6, 6.07) is 8.48. The molecule has 4 rings (SSSR count). The third-order valence-corrected chi connectivity index (χ3v) is 9.16. The fourth-order valence-corrected chi connectivity index (χ4v) is 7.00. The molecule has 0 spiro atoms. The van der Waals surface area contributed by atoms with E-state index in [2.05, 4.69) is 35.6 Å². The minimum absolute atomic E-state index is 0.00354. The third-order valence-electron chi connectivity index (χ3n) is 5.93. The number of anilines is 1. The highest BCUT2D eigenvalue weighted by Crippen LogP contribution is 2.42. The van der Waals surface area contributed by atoms with E-state index in [0.29, 0.717) is 36.3 Å². The summed E-state index contributed by atoms with van der Waals surface area (Å²) >= 11 is 1.60. The molecule has 2 aliphatic heterocycles. The molecule has 1 amide bonds. The Labute approximate surface area is 223 Å². The molecule has 2 aliphatic rings. The van der Waals surface area contributed by atoms with E-state index in [1.807, 2.05) is 24.4 Å². The number of benzene rings is 1. The van der Waals surface area contributed by atoms with Gasteiger partial charge in [0.15, 0.2) is 8.30 Å². The monoisotopic (exact) mass is 564 g/mol. The zero-order chi connectivity index (χ0) is 27.0. The number of amides is 1. The minimum atomic E-state index is -3.45. The fourth-order valence-electron chi connectivity index (χ4n) is 4.17. The number of thiophene rings is 1. The van der Waals surface area contributed by atoms with Crippen molar-refractivity contribution in [2.45, 2.75) is 46.6 Å². The molecule has 0 saturated carbocycles. The van der Waals surface area contributed by atoms with Gasteiger partial charge in [0.1, 0.15) is 17.2 Å². The molecule has 1 aromatic heterocycles. The van der Waals surface area contributed by atoms with E-state index in [4.69, 9.17) is 4.52 Å². The summed E-state index contributed by atoms with van der Waals surface area (Å²) in [6.45, 7) is 9.14. The molecule has 0 aliphatic carbocycles. The van der Waals surface area contributed by atoms with Crippen LogP contribution in [0.5, 0.6) is 0 Å². The predicted molar refractivity (Wildman–Crippen MR) is 151 cm³/mol. The molecule has 12 heteroatoms. The van der Waals surface area contributed by atoms with E-state index < -0.39 is 24.4 Å². The van der Waals surface area contributed by atoms with Crippen LogP contribution in [0.2, 0.25) is 0 Å². The lowest BCUT2D eigenvalue weighted by atomic mass is 9.92. The standard InChI is InChI=1S/C25H33N4O5PS2/c1-6-34-35-20-14-16(28-37(5,32)33)9-10-18(20)26-23(27-35)21-22(30)19(15-17-8-7-13-36-17)29(24(21)31)12-11-25(2,3)4/h7-10,13-14,19,28,30H,6,11-12,15H2,1-5H3,(H,26,27). The van der Waals surface area contributed by atoms with Gasteiger partial charge >= 0.3 is 0 Å². The van der Waals surface area contributed by atoms with Crippen LogP contribution in [-0.4, -0.2) is 55.6 Å². The van der Waals surface area contributed by atoms with Crippen LogP contribution in [0.4, 0.5) is 11.4 Å². The van der Waals surface area contributed by atoms with Crippen molar-refractivity contribution in [2.24, 2.45) is 10.4 Å². The molecule has 3 N–H and O–H groups in total. The normalized spacial score (nSPS) is 20.1. The number of amidine groups is 1. The molecule has 200 valence electrons. The van der Waals surface area contributed by atoms with Crippen LogP contribution in [0, 0.1) is 5.41 Å². The molecule has 2 atom stereocenters. The van der Waals surface area contributed by atoms with E-state index in [1.165, 1.54) is 0 Å². The summed E-state index contributed by atoms with van der Waals surface area (Å²) < 4.78 is 31.8. The number of aliphatic hydroxyl groups excluding tert-OH is 1. The van der Waals surface area contributed by atoms with Crippen molar-refractivity contribution < 1.29 is 22.8 Å². The van der Waals surface area contributed by atoms with Crippen LogP contribution in [0.3, 0.4) is 0 Å². The Morgan fingerprint density at radius 1 is 1.30 bits per heavy atom. The first-order valence-electron chi connectivity index (χ1n) is 12.0. The number of sulfonamides is 1. The van der Waals surface area contributed by atoms with E-state index in [1.54, 1.807) is 34.4 Å². The van der Waals surface area contributed by atoms with Gasteiger partial charge in [0.2, 0.25) is 10.0 Å². The number of aliphatic imine (C=N–C) groups is 1. The third kappa shape index (κ3) is 6.52. The summed E-state index contributed by atoms with van der Waals surface area (Å²) in [7, 11) is -4.92. The summed E-state index contributed by atoms with van der Waals surface area (Å²) in [5.41, 5.74) is 1.14. The first-order valence-corrected chi connectivity index (χ1v) is 16.1. The highest BCUT2D eigenvalue weighted by molar-refractivity contribution is 7.92. The molecule has 2 aromatic rings. The van der Waals surface area contributed by atoms with Crippen molar-refractivity contribution in [3.8, 4) is 0 Å². The van der Waals surface area contributed by atoms with Gasteiger partial charge in [0.05, 0.1) is 29.9 Å². The molecular formula is C25H33N4O5PS2. The lowest BCUT2D eigenvalue weighted by Gasteiger charge is -2.29. The molecule has 0 radical (unpaired) electrons. The fraction of sp³-hybridized carbons (Fsp3) is 0.440. The number of carbonyl (C=O) groups is 1. The van der Waals surface area contributed by atoms with Gasteiger partial charge < -0.3 is 19.6 Å². The SMILES string of the molecule is CCOP1NC(C2=C(O)C(Cc3cccs3)N(CCC(C)(C)C)C2=O)=Nc2ccc(NS(C)(=O)=O)cc21. The topological polar surface area (TPSA) is 120 Å². The maximum atomic E-state index is 13.7. The Kier molecular flexibility index (Phi) is 7.99. The summed E-state index contributed by atoms with van der Waals surface area (Å²) in [4.78, 5) is 21.2. The van der Waals surface area contributed by atoms with Crippen LogP contribution >= 0.6 is 19.6 Å². The second kappa shape index (κ2) is 10.7. The van der Waals surface area contributed by atoms with Gasteiger partial charge in [0.25, 0.3) is 5.91 Å². The Morgan fingerprint density at radius 2 is 2.05 bits per heavy atom. The second-order valence-corrected chi connectivity index (χ2v) is 14.6. The average molecular weight is 565 g/mol. The van der Waals surface area contributed by atoms with E-state index in [9.17, 15) is 18.3 Å². The summed E-state index contributed by atoms with van der Waals surface area (Å²) in [6.07, 6.45) is 2.39. The number of fused-ring (bicyclic) bond motifs is 1. The van der Waals surface area contributed by atoms with Crippen LogP contribution in [0.1, 0.15) is 39.0 Å². The Morgan fingerprint density at radius 3 is 2.68 bits per heavy atom. The van der Waals surface area contributed by atoms with Crippen LogP contribution < -0.4 is 15.1 Å². The van der Waals surface area contributed by atoms with Gasteiger partial charge in [-0.25, -0.2) is 13.4 Å². The quantitative estimate of drug-likeness (QED) is 0.388. The highest BCUT2D eigenvalue weighted by atomic mass is 32.2. The largest absolute Gasteiger partial charge is 0.509 e. The number of carbonyl (C=O) groups excluding carboxylic acids is 1. The first kappa shape index (κ1) is 27.6. The number of hydrogen-bond acceptors (Lipinski definition) is 8. The Balaban J connectivity index is 1.72. The average Bonchev–Trinajstić information content (AvgIpc) is 3.38. The molecular weight excluding hydrogens is 531 g/mol. The molecule has 0 bridgehead atoms. The zero-order valence-electron chi connectivity index (χ0n) is 21.6. The number of rotatable bonds is 9. The Bertz CT molecular complexity index is 1330. The second-order valence-electron chi connectivity index (χ2n) is 10.2. The molecule has 2 unspecified atom stereocenters. The van der Waals surface area contributed by atoms with Gasteiger partial charge in [-0.2, -0.15) is 0 Å². The van der Waals surface area contributed by atoms with Crippen molar-refractivity contribution in [3.05, 3.63) is 51.9 Å². The van der Waals surface area contributed by atoms with Crippen molar-refractivity contribution in [1.29, 1.82) is 0 Å². The maximum absolute atomic E-state index is 13.7. The van der Waals surface area contributed by atoms with Gasteiger partial charge in [-0.05, 0) is 48.4 Å². The van der Waals surface area contributed by atoms with Crippen LogP contribution in [0.15, 0.2) is 52.0 Å². The number of aliphatic hydroxyl groups is 1. The van der Waals surface area contributed by atoms with Gasteiger partial charge in [-0.1, -0.05) is 26.8 Å². The van der Waals surface area contributed by atoms with Crippen molar-refractivity contribution in [1.82, 2.24) is 9.99 Å². The van der Waals surface area contributed by atoms with Crippen LogP contribution in [0.25, 0.3) is 0 Å². The van der Waals surface area contributed by atoms with Crippen molar-refractivity contribution in [3.63, 3.8) is 0 Å². The van der Waals surface area contributed by atoms with E-state index >= 15 is 0 Å². The summed E-state index contributed by atoms with van der Waals surface area (Å²) in [5.74, 6) is 0.0106. The van der Waals surface area contributed by atoms with E-state index in [0.717, 1.165) is 17.6 Å². The van der Waals surface area contributed by atoms with Gasteiger partial charge in [0, 0.05) is 23.5 Å². The minimum Gasteiger partial charge on any atom is -0.509 e. The molecule has 9 nitrogen and oxygen atoms in total. The maximum Gasteiger partial charge on any atom is 0.261 e. The molecule has 0 fully saturated rings. The van der Waals surface area contributed by atoms with Crippen LogP contribution in [-0.2, 0) is 25.8 Å². The van der Waals surface area contributed by atoms with Gasteiger partial charge in [-0.15, -0.1) is 11.3 Å². The number of hydrogen-bond donors (Lipinski definition) is 3. The number of nitrogens with one attached hydrogen (secondary N) is 2. The predicted octanol–water partition coefficient (Wildman–Crippen LogP) is 4.43. The highest BCUT2D eigenvalue weighted by Gasteiger charge is 2.43. The number of nitrogens with zero attached hydrogens (tertiary/aromatic N) is 2. The molecule has 0 saturated heterocycles. The first-order chi connectivity index (χ1) is 17.4. The lowest BCUT2D eigenvalue weighted by molar-refractivity contribution is -0.127. The molecule has 3 heterocycles. The van der Waals surface area contributed by atoms with Crippen molar-refractivity contribution >= 4 is 58.1 Å². The van der Waals surface area contributed by atoms with Crippen molar-refractivity contribution in [2.75, 3.05) is 24.1 Å². The summed E-state index contributed by atoms with van der Waals surface area (Å²) in [5, 5.41) is 17.3. The Hall–Kier alpha value is -2.46. The zero-order valence-corrected chi connectivity index (χ0v) is 24.1. The molecule has 1 aromatic carbocycles. The smallest absolute Gasteiger partial charge is 0.261 e. The van der Waals surface area contributed by atoms with E-state index in [-0.39, 0.29) is 28.5 Å². The molecule has 37 heavy (non-hydrogen) atoms. The van der Waals surface area contributed by atoms with Gasteiger partial charge in [-0.3, -0.25) is 9.52 Å². The lowest BCUT2D eigenvalue weighted by Crippen LogP contribution is -2.40.